The molecule has 1 saturated carbocycles. The van der Waals surface area contributed by atoms with Gasteiger partial charge in [-0.05, 0) is 33.6 Å². The lowest BCUT2D eigenvalue weighted by atomic mass is 10.3. The van der Waals surface area contributed by atoms with E-state index in [4.69, 9.17) is 9.47 Å². The minimum absolute atomic E-state index is 0.00838. The Hall–Kier alpha value is -0.690. The maximum Gasteiger partial charge on any atom is 0.237 e. The van der Waals surface area contributed by atoms with E-state index in [0.717, 1.165) is 12.8 Å². The zero-order valence-electron chi connectivity index (χ0n) is 12.7. The highest BCUT2D eigenvalue weighted by molar-refractivity contribution is 5.81. The molecule has 6 heteroatoms. The Morgan fingerprint density at radius 2 is 2.00 bits per heavy atom. The monoisotopic (exact) mass is 288 g/mol. The lowest BCUT2D eigenvalue weighted by Crippen LogP contribution is -2.46. The van der Waals surface area contributed by atoms with Crippen molar-refractivity contribution >= 4 is 5.91 Å². The molecule has 1 fully saturated rings. The van der Waals surface area contributed by atoms with Crippen LogP contribution in [0.4, 0.5) is 0 Å². The van der Waals surface area contributed by atoms with E-state index in [1.54, 1.807) is 6.92 Å². The summed E-state index contributed by atoms with van der Waals surface area (Å²) in [7, 11) is 0. The van der Waals surface area contributed by atoms with Gasteiger partial charge in [-0.2, -0.15) is 0 Å². The highest BCUT2D eigenvalue weighted by Gasteiger charge is 2.25. The van der Waals surface area contributed by atoms with E-state index in [1.165, 1.54) is 0 Å². The third-order valence-corrected chi connectivity index (χ3v) is 2.97. The van der Waals surface area contributed by atoms with Crippen molar-refractivity contribution in [2.24, 2.45) is 0 Å². The van der Waals surface area contributed by atoms with Gasteiger partial charge in [0.05, 0.1) is 38.1 Å². The molecule has 3 N–H and O–H groups in total. The summed E-state index contributed by atoms with van der Waals surface area (Å²) in [5.41, 5.74) is 0. The van der Waals surface area contributed by atoms with E-state index >= 15 is 0 Å². The molecule has 6 nitrogen and oxygen atoms in total. The molecule has 118 valence electrons. The Bertz CT molecular complexity index is 282. The zero-order valence-corrected chi connectivity index (χ0v) is 12.7. The Balaban J connectivity index is 1.97. The van der Waals surface area contributed by atoms with Gasteiger partial charge in [0.25, 0.3) is 0 Å². The molecule has 0 aromatic carbocycles. The van der Waals surface area contributed by atoms with Crippen molar-refractivity contribution in [1.82, 2.24) is 10.6 Å². The molecule has 20 heavy (non-hydrogen) atoms. The van der Waals surface area contributed by atoms with Gasteiger partial charge in [-0.1, -0.05) is 0 Å². The van der Waals surface area contributed by atoms with Gasteiger partial charge >= 0.3 is 0 Å². The molecule has 2 unspecified atom stereocenters. The van der Waals surface area contributed by atoms with E-state index in [9.17, 15) is 9.90 Å². The molecule has 0 spiro atoms. The van der Waals surface area contributed by atoms with Crippen LogP contribution in [0.2, 0.25) is 0 Å². The summed E-state index contributed by atoms with van der Waals surface area (Å²) in [5.74, 6) is -0.00838. The molecule has 0 heterocycles. The van der Waals surface area contributed by atoms with E-state index in [1.807, 2.05) is 13.8 Å². The van der Waals surface area contributed by atoms with Crippen LogP contribution in [0.15, 0.2) is 0 Å². The van der Waals surface area contributed by atoms with Crippen molar-refractivity contribution in [2.45, 2.75) is 57.9 Å². The van der Waals surface area contributed by atoms with Gasteiger partial charge < -0.3 is 25.2 Å². The topological polar surface area (TPSA) is 79.8 Å². The summed E-state index contributed by atoms with van der Waals surface area (Å²) in [6, 6.07) is 0.0653. The van der Waals surface area contributed by atoms with Crippen LogP contribution in [0.3, 0.4) is 0 Å². The van der Waals surface area contributed by atoms with E-state index in [2.05, 4.69) is 10.6 Å². The SMILES string of the molecule is CC(C)OCCOCC(O)CNC(C)C(=O)NC1CC1. The first-order chi connectivity index (χ1) is 9.49. The van der Waals surface area contributed by atoms with Gasteiger partial charge in [-0.3, -0.25) is 4.79 Å². The molecule has 1 aliphatic carbocycles. The molecule has 1 aliphatic rings. The number of carbonyl (C=O) groups is 1. The number of aliphatic hydroxyl groups is 1. The second-order valence-electron chi connectivity index (χ2n) is 5.56. The van der Waals surface area contributed by atoms with Crippen molar-refractivity contribution in [3.8, 4) is 0 Å². The number of rotatable bonds is 11. The Morgan fingerprint density at radius 3 is 2.60 bits per heavy atom. The summed E-state index contributed by atoms with van der Waals surface area (Å²) in [6.07, 6.45) is 1.72. The lowest BCUT2D eigenvalue weighted by molar-refractivity contribution is -0.123. The summed E-state index contributed by atoms with van der Waals surface area (Å²) in [6.45, 7) is 7.29. The van der Waals surface area contributed by atoms with Crippen molar-refractivity contribution < 1.29 is 19.4 Å². The second-order valence-corrected chi connectivity index (χ2v) is 5.56. The predicted octanol–water partition coefficient (Wildman–Crippen LogP) is 0.0456. The van der Waals surface area contributed by atoms with Crippen LogP contribution in [0.1, 0.15) is 33.6 Å². The molecular weight excluding hydrogens is 260 g/mol. The number of carbonyl (C=O) groups excluding carboxylic acids is 1. The molecule has 0 radical (unpaired) electrons. The molecule has 2 atom stereocenters. The zero-order chi connectivity index (χ0) is 15.0. The number of hydrogen-bond acceptors (Lipinski definition) is 5. The molecule has 0 aromatic rings. The quantitative estimate of drug-likeness (QED) is 0.468. The van der Waals surface area contributed by atoms with E-state index in [-0.39, 0.29) is 24.7 Å². The van der Waals surface area contributed by atoms with Crippen LogP contribution < -0.4 is 10.6 Å². The number of aliphatic hydroxyl groups excluding tert-OH is 1. The van der Waals surface area contributed by atoms with Gasteiger partial charge in [0.1, 0.15) is 0 Å². The minimum atomic E-state index is -0.620. The third-order valence-electron chi connectivity index (χ3n) is 2.97. The number of nitrogens with one attached hydrogen (secondary N) is 2. The first-order valence-corrected chi connectivity index (χ1v) is 7.40. The highest BCUT2D eigenvalue weighted by atomic mass is 16.5. The first kappa shape index (κ1) is 17.4. The summed E-state index contributed by atoms with van der Waals surface area (Å²) < 4.78 is 10.6. The highest BCUT2D eigenvalue weighted by Crippen LogP contribution is 2.18. The van der Waals surface area contributed by atoms with E-state index in [0.29, 0.717) is 25.8 Å². The van der Waals surface area contributed by atoms with Gasteiger partial charge in [-0.15, -0.1) is 0 Å². The summed E-state index contributed by atoms with van der Waals surface area (Å²) in [5, 5.41) is 15.6. The predicted molar refractivity (Wildman–Crippen MR) is 76.5 cm³/mol. The second kappa shape index (κ2) is 9.28. The van der Waals surface area contributed by atoms with Gasteiger partial charge in [-0.25, -0.2) is 0 Å². The standard InChI is InChI=1S/C14H28N2O4/c1-10(2)20-7-6-19-9-13(17)8-15-11(3)14(18)16-12-4-5-12/h10-13,15,17H,4-9H2,1-3H3,(H,16,18). The van der Waals surface area contributed by atoms with Crippen LogP contribution >= 0.6 is 0 Å². The fourth-order valence-electron chi connectivity index (χ4n) is 1.58. The van der Waals surface area contributed by atoms with Crippen molar-refractivity contribution in [1.29, 1.82) is 0 Å². The van der Waals surface area contributed by atoms with Crippen molar-refractivity contribution in [3.63, 3.8) is 0 Å². The molecule has 0 saturated heterocycles. The van der Waals surface area contributed by atoms with Crippen LogP contribution in [-0.4, -0.2) is 61.7 Å². The average molecular weight is 288 g/mol. The van der Waals surface area contributed by atoms with Crippen LogP contribution in [-0.2, 0) is 14.3 Å². The smallest absolute Gasteiger partial charge is 0.237 e. The van der Waals surface area contributed by atoms with Crippen molar-refractivity contribution in [3.05, 3.63) is 0 Å². The van der Waals surface area contributed by atoms with Crippen LogP contribution in [0.25, 0.3) is 0 Å². The summed E-state index contributed by atoms with van der Waals surface area (Å²) >= 11 is 0. The molecule has 0 aliphatic heterocycles. The van der Waals surface area contributed by atoms with Crippen molar-refractivity contribution in [2.75, 3.05) is 26.4 Å². The number of amides is 1. The molecule has 1 amide bonds. The fourth-order valence-corrected chi connectivity index (χ4v) is 1.58. The molecule has 1 rings (SSSR count). The van der Waals surface area contributed by atoms with Crippen LogP contribution in [0, 0.1) is 0 Å². The fraction of sp³-hybridized carbons (Fsp3) is 0.929. The maximum absolute atomic E-state index is 11.7. The van der Waals surface area contributed by atoms with Gasteiger partial charge in [0.2, 0.25) is 5.91 Å². The van der Waals surface area contributed by atoms with Crippen LogP contribution in [0.5, 0.6) is 0 Å². The first-order valence-electron chi connectivity index (χ1n) is 7.40. The maximum atomic E-state index is 11.7. The largest absolute Gasteiger partial charge is 0.389 e. The normalized spacial score (nSPS) is 18.1. The Labute approximate surface area is 121 Å². The Morgan fingerprint density at radius 1 is 1.30 bits per heavy atom. The van der Waals surface area contributed by atoms with Gasteiger partial charge in [0, 0.05) is 12.6 Å². The molecule has 0 bridgehead atoms. The number of ether oxygens (including phenoxy) is 2. The Kier molecular flexibility index (Phi) is 8.06. The molecular formula is C14H28N2O4. The summed E-state index contributed by atoms with van der Waals surface area (Å²) in [4.78, 5) is 11.7. The minimum Gasteiger partial charge on any atom is -0.389 e. The average Bonchev–Trinajstić information content (AvgIpc) is 3.18. The van der Waals surface area contributed by atoms with E-state index < -0.39 is 6.10 Å². The van der Waals surface area contributed by atoms with Gasteiger partial charge in [0.15, 0.2) is 0 Å². The molecule has 0 aromatic heterocycles. The lowest BCUT2D eigenvalue weighted by Gasteiger charge is -2.17. The third kappa shape index (κ3) is 8.47. The number of hydrogen-bond donors (Lipinski definition) is 3.